The number of aromatic nitrogens is 1. The third-order valence-electron chi connectivity index (χ3n) is 2.18. The van der Waals surface area contributed by atoms with E-state index in [2.05, 4.69) is 15.9 Å². The Bertz CT molecular complexity index is 565. The highest BCUT2D eigenvalue weighted by molar-refractivity contribution is 9.10. The van der Waals surface area contributed by atoms with Gasteiger partial charge in [0.15, 0.2) is 5.60 Å². The van der Waals surface area contributed by atoms with Gasteiger partial charge < -0.3 is 14.8 Å². The van der Waals surface area contributed by atoms with E-state index in [0.717, 1.165) is 23.8 Å². The Kier molecular flexibility index (Phi) is 3.87. The molecule has 0 saturated carbocycles. The van der Waals surface area contributed by atoms with Gasteiger partial charge in [-0.15, -0.1) is 0 Å². The molecule has 18 heavy (non-hydrogen) atoms. The lowest BCUT2D eigenvalue weighted by Crippen LogP contribution is -2.42. The lowest BCUT2D eigenvalue weighted by Gasteiger charge is -2.18. The van der Waals surface area contributed by atoms with Gasteiger partial charge in [-0.1, -0.05) is 0 Å². The van der Waals surface area contributed by atoms with Crippen molar-refractivity contribution in [2.24, 2.45) is 0 Å². The zero-order valence-corrected chi connectivity index (χ0v) is 10.7. The molecule has 9 heteroatoms. The molecule has 0 aliphatic carbocycles. The highest BCUT2D eigenvalue weighted by Crippen LogP contribution is 2.16. The molecule has 0 fully saturated rings. The average Bonchev–Trinajstić information content (AvgIpc) is 2.23. The summed E-state index contributed by atoms with van der Waals surface area (Å²) >= 11 is 2.84. The Labute approximate surface area is 109 Å². The number of nitro groups is 1. The first kappa shape index (κ1) is 14.3. The van der Waals surface area contributed by atoms with Crippen LogP contribution < -0.4 is 5.56 Å². The number of carboxylic acids is 1. The number of aliphatic hydroxyl groups is 1. The average molecular weight is 321 g/mol. The van der Waals surface area contributed by atoms with Crippen molar-refractivity contribution in [3.8, 4) is 0 Å². The summed E-state index contributed by atoms with van der Waals surface area (Å²) in [5.41, 5.74) is -3.25. The Hall–Kier alpha value is -1.74. The minimum atomic E-state index is -2.20. The number of rotatable bonds is 4. The SMILES string of the molecule is CC(O)(Cn1cc([N+](=O)[O-])cc(Br)c1=O)C(=O)O. The van der Waals surface area contributed by atoms with Gasteiger partial charge in [-0.3, -0.25) is 14.9 Å². The Morgan fingerprint density at radius 2 is 2.22 bits per heavy atom. The first-order chi connectivity index (χ1) is 8.15. The number of hydrogen-bond donors (Lipinski definition) is 2. The van der Waals surface area contributed by atoms with Crippen LogP contribution in [0.3, 0.4) is 0 Å². The number of hydrogen-bond acceptors (Lipinski definition) is 5. The number of carboxylic acid groups (broad SMARTS) is 1. The van der Waals surface area contributed by atoms with Crippen LogP contribution in [0, 0.1) is 10.1 Å². The second-order valence-electron chi connectivity index (χ2n) is 3.82. The van der Waals surface area contributed by atoms with Gasteiger partial charge in [0, 0.05) is 6.07 Å². The van der Waals surface area contributed by atoms with Crippen LogP contribution in [0.5, 0.6) is 0 Å². The summed E-state index contributed by atoms with van der Waals surface area (Å²) < 4.78 is 0.689. The minimum absolute atomic E-state index is 0.0853. The smallest absolute Gasteiger partial charge is 0.337 e. The van der Waals surface area contributed by atoms with Gasteiger partial charge in [0.05, 0.1) is 22.1 Å². The van der Waals surface area contributed by atoms with Crippen molar-refractivity contribution in [2.45, 2.75) is 19.1 Å². The van der Waals surface area contributed by atoms with E-state index in [1.807, 2.05) is 0 Å². The first-order valence-electron chi connectivity index (χ1n) is 4.65. The maximum absolute atomic E-state index is 11.6. The predicted molar refractivity (Wildman–Crippen MR) is 63.3 cm³/mol. The fraction of sp³-hybridized carbons (Fsp3) is 0.333. The predicted octanol–water partition coefficient (Wildman–Crippen LogP) is 0.355. The van der Waals surface area contributed by atoms with Crippen LogP contribution in [0.2, 0.25) is 0 Å². The molecule has 0 radical (unpaired) electrons. The highest BCUT2D eigenvalue weighted by Gasteiger charge is 2.31. The lowest BCUT2D eigenvalue weighted by atomic mass is 10.1. The van der Waals surface area contributed by atoms with Crippen LogP contribution in [0.15, 0.2) is 21.5 Å². The molecule has 0 aromatic carbocycles. The van der Waals surface area contributed by atoms with Crippen molar-refractivity contribution in [2.75, 3.05) is 0 Å². The van der Waals surface area contributed by atoms with E-state index in [1.165, 1.54) is 0 Å². The van der Waals surface area contributed by atoms with Crippen molar-refractivity contribution >= 4 is 27.6 Å². The fourth-order valence-electron chi connectivity index (χ4n) is 1.20. The van der Waals surface area contributed by atoms with Gasteiger partial charge in [0.1, 0.15) is 0 Å². The molecule has 2 N–H and O–H groups in total. The van der Waals surface area contributed by atoms with E-state index >= 15 is 0 Å². The summed E-state index contributed by atoms with van der Waals surface area (Å²) in [6.45, 7) is 0.399. The lowest BCUT2D eigenvalue weighted by molar-refractivity contribution is -0.385. The zero-order chi connectivity index (χ0) is 14.1. The van der Waals surface area contributed by atoms with Gasteiger partial charge in [-0.05, 0) is 22.9 Å². The second-order valence-corrected chi connectivity index (χ2v) is 4.67. The molecule has 1 unspecified atom stereocenters. The fourth-order valence-corrected chi connectivity index (χ4v) is 1.66. The molecule has 0 saturated heterocycles. The number of carbonyl (C=O) groups is 1. The van der Waals surface area contributed by atoms with E-state index in [1.54, 1.807) is 0 Å². The summed E-state index contributed by atoms with van der Waals surface area (Å²) in [6, 6.07) is 1.01. The van der Waals surface area contributed by atoms with E-state index in [4.69, 9.17) is 5.11 Å². The third-order valence-corrected chi connectivity index (χ3v) is 2.75. The van der Waals surface area contributed by atoms with Crippen LogP contribution in [0.25, 0.3) is 0 Å². The summed E-state index contributed by atoms with van der Waals surface area (Å²) in [7, 11) is 0. The van der Waals surface area contributed by atoms with Gasteiger partial charge in [0.25, 0.3) is 11.2 Å². The topological polar surface area (TPSA) is 123 Å². The van der Waals surface area contributed by atoms with Crippen molar-refractivity contribution in [1.29, 1.82) is 0 Å². The molecule has 1 aromatic rings. The third kappa shape index (κ3) is 2.93. The molecule has 8 nitrogen and oxygen atoms in total. The van der Waals surface area contributed by atoms with Crippen LogP contribution in [-0.4, -0.2) is 31.3 Å². The summed E-state index contributed by atoms with van der Waals surface area (Å²) in [5, 5.41) is 28.9. The van der Waals surface area contributed by atoms with E-state index in [-0.39, 0.29) is 10.2 Å². The Morgan fingerprint density at radius 3 is 2.67 bits per heavy atom. The van der Waals surface area contributed by atoms with Gasteiger partial charge in [-0.25, -0.2) is 4.79 Å². The van der Waals surface area contributed by atoms with Crippen LogP contribution in [0.4, 0.5) is 5.69 Å². The molecule has 1 atom stereocenters. The summed E-state index contributed by atoms with van der Waals surface area (Å²) in [5.74, 6) is -1.53. The van der Waals surface area contributed by atoms with Gasteiger partial charge in [0.2, 0.25) is 0 Å². The van der Waals surface area contributed by atoms with Crippen molar-refractivity contribution in [3.63, 3.8) is 0 Å². The minimum Gasteiger partial charge on any atom is -0.479 e. The number of pyridine rings is 1. The zero-order valence-electron chi connectivity index (χ0n) is 9.16. The Balaban J connectivity index is 3.29. The largest absolute Gasteiger partial charge is 0.479 e. The second kappa shape index (κ2) is 4.86. The summed E-state index contributed by atoms with van der Waals surface area (Å²) in [6.07, 6.45) is 0.879. The summed E-state index contributed by atoms with van der Waals surface area (Å²) in [4.78, 5) is 32.2. The monoisotopic (exact) mass is 320 g/mol. The van der Waals surface area contributed by atoms with Crippen molar-refractivity contribution in [3.05, 3.63) is 37.2 Å². The molecule has 1 heterocycles. The molecular formula is C9H9BrN2O6. The molecule has 0 spiro atoms. The Morgan fingerprint density at radius 1 is 1.67 bits per heavy atom. The van der Waals surface area contributed by atoms with Crippen molar-refractivity contribution < 1.29 is 19.9 Å². The molecule has 0 amide bonds. The van der Waals surface area contributed by atoms with Gasteiger partial charge in [-0.2, -0.15) is 0 Å². The number of nitrogens with zero attached hydrogens (tertiary/aromatic N) is 2. The van der Waals surface area contributed by atoms with E-state index in [0.29, 0.717) is 0 Å². The molecule has 1 rings (SSSR count). The van der Waals surface area contributed by atoms with Crippen molar-refractivity contribution in [1.82, 2.24) is 4.57 Å². The van der Waals surface area contributed by atoms with Crippen LogP contribution >= 0.6 is 15.9 Å². The van der Waals surface area contributed by atoms with Crippen LogP contribution in [0.1, 0.15) is 6.92 Å². The van der Waals surface area contributed by atoms with Crippen LogP contribution in [-0.2, 0) is 11.3 Å². The highest BCUT2D eigenvalue weighted by atomic mass is 79.9. The molecule has 0 aliphatic rings. The quantitative estimate of drug-likeness (QED) is 0.609. The maximum atomic E-state index is 11.6. The normalized spacial score (nSPS) is 13.9. The molecule has 98 valence electrons. The maximum Gasteiger partial charge on any atom is 0.337 e. The van der Waals surface area contributed by atoms with Gasteiger partial charge >= 0.3 is 5.97 Å². The molecule has 0 bridgehead atoms. The van der Waals surface area contributed by atoms with E-state index in [9.17, 15) is 24.8 Å². The molecular weight excluding hydrogens is 312 g/mol. The molecule has 1 aromatic heterocycles. The molecule has 0 aliphatic heterocycles. The number of aliphatic carboxylic acids is 1. The first-order valence-corrected chi connectivity index (χ1v) is 5.44. The standard InChI is InChI=1S/C9H9BrN2O6/c1-9(16,8(14)15)4-11-3-5(12(17)18)2-6(10)7(11)13/h2-3,16H,4H2,1H3,(H,14,15). The van der Waals surface area contributed by atoms with E-state index < -0.39 is 28.6 Å². The number of halogens is 1.